The van der Waals surface area contributed by atoms with Crippen molar-refractivity contribution < 1.29 is 0 Å². The van der Waals surface area contributed by atoms with Crippen LogP contribution in [0, 0.1) is 0 Å². The maximum absolute atomic E-state index is 6.18. The number of nitrogens with one attached hydrogen (secondary N) is 1. The summed E-state index contributed by atoms with van der Waals surface area (Å²) in [4.78, 5) is 16.4. The van der Waals surface area contributed by atoms with Gasteiger partial charge >= 0.3 is 0 Å². The van der Waals surface area contributed by atoms with Crippen molar-refractivity contribution in [3.05, 3.63) is 68.8 Å². The van der Waals surface area contributed by atoms with Crippen LogP contribution in [-0.2, 0) is 19.4 Å². The third kappa shape index (κ3) is 3.70. The molecule has 4 aromatic rings. The standard InChI is InChI=1S/C22H18Cl2N4S/c23-16-6-5-13(11-17(16)24)12-26-21-19-15-3-1-2-4-18(15)29-22(19)28-20(27-21)14-7-9-25-10-8-14/h5-11H,1-4,12H2,(H,26,27,28). The van der Waals surface area contributed by atoms with Gasteiger partial charge in [-0.25, -0.2) is 9.97 Å². The van der Waals surface area contributed by atoms with Gasteiger partial charge in [-0.3, -0.25) is 4.98 Å². The summed E-state index contributed by atoms with van der Waals surface area (Å²) in [6.07, 6.45) is 8.23. The van der Waals surface area contributed by atoms with Crippen molar-refractivity contribution in [3.8, 4) is 11.4 Å². The number of aromatic nitrogens is 3. The molecule has 4 nitrogen and oxygen atoms in total. The summed E-state index contributed by atoms with van der Waals surface area (Å²) in [5.41, 5.74) is 3.43. The molecule has 1 N–H and O–H groups in total. The van der Waals surface area contributed by atoms with Crippen LogP contribution in [0.25, 0.3) is 21.6 Å². The SMILES string of the molecule is Clc1ccc(CNc2nc(-c3ccncc3)nc3sc4c(c23)CCCC4)cc1Cl. The van der Waals surface area contributed by atoms with Crippen LogP contribution in [0.4, 0.5) is 5.82 Å². The molecular weight excluding hydrogens is 423 g/mol. The van der Waals surface area contributed by atoms with E-state index in [-0.39, 0.29) is 0 Å². The summed E-state index contributed by atoms with van der Waals surface area (Å²) in [5, 5.41) is 5.83. The zero-order valence-electron chi connectivity index (χ0n) is 15.6. The molecule has 0 bridgehead atoms. The first-order valence-corrected chi connectivity index (χ1v) is 11.2. The van der Waals surface area contributed by atoms with Gasteiger partial charge in [0.15, 0.2) is 5.82 Å². The molecule has 7 heteroatoms. The van der Waals surface area contributed by atoms with Gasteiger partial charge in [0.05, 0.1) is 15.4 Å². The number of halogens is 2. The zero-order chi connectivity index (χ0) is 19.8. The van der Waals surface area contributed by atoms with Crippen LogP contribution in [0.5, 0.6) is 0 Å². The van der Waals surface area contributed by atoms with E-state index < -0.39 is 0 Å². The minimum Gasteiger partial charge on any atom is -0.365 e. The molecule has 0 saturated heterocycles. The molecule has 29 heavy (non-hydrogen) atoms. The average molecular weight is 441 g/mol. The van der Waals surface area contributed by atoms with Crippen molar-refractivity contribution in [1.82, 2.24) is 15.0 Å². The number of aryl methyl sites for hydroxylation is 2. The summed E-state index contributed by atoms with van der Waals surface area (Å²) in [6, 6.07) is 9.58. The van der Waals surface area contributed by atoms with Gasteiger partial charge in [0.1, 0.15) is 10.6 Å². The Morgan fingerprint density at radius 1 is 0.966 bits per heavy atom. The predicted molar refractivity (Wildman–Crippen MR) is 121 cm³/mol. The molecule has 0 atom stereocenters. The fourth-order valence-corrected chi connectivity index (χ4v) is 5.33. The van der Waals surface area contributed by atoms with Crippen molar-refractivity contribution in [2.24, 2.45) is 0 Å². The summed E-state index contributed by atoms with van der Waals surface area (Å²) < 4.78 is 0. The van der Waals surface area contributed by atoms with Gasteiger partial charge in [0, 0.05) is 29.4 Å². The first-order chi connectivity index (χ1) is 14.2. The predicted octanol–water partition coefficient (Wildman–Crippen LogP) is 6.55. The minimum absolute atomic E-state index is 0.559. The van der Waals surface area contributed by atoms with Crippen molar-refractivity contribution in [3.63, 3.8) is 0 Å². The third-order valence-corrected chi connectivity index (χ3v) is 7.12. The lowest BCUT2D eigenvalue weighted by Crippen LogP contribution is -2.05. The molecule has 0 aliphatic heterocycles. The van der Waals surface area contributed by atoms with Gasteiger partial charge in [-0.1, -0.05) is 29.3 Å². The second-order valence-corrected chi connectivity index (χ2v) is 9.02. The number of benzene rings is 1. The molecule has 0 fully saturated rings. The fraction of sp³-hybridized carbons (Fsp3) is 0.227. The van der Waals surface area contributed by atoms with E-state index in [0.717, 1.165) is 40.4 Å². The monoisotopic (exact) mass is 440 g/mol. The van der Waals surface area contributed by atoms with E-state index in [1.54, 1.807) is 23.7 Å². The van der Waals surface area contributed by atoms with E-state index >= 15 is 0 Å². The van der Waals surface area contributed by atoms with Crippen LogP contribution in [-0.4, -0.2) is 15.0 Å². The first kappa shape index (κ1) is 18.8. The van der Waals surface area contributed by atoms with Crippen molar-refractivity contribution in [2.45, 2.75) is 32.2 Å². The van der Waals surface area contributed by atoms with Crippen LogP contribution in [0.2, 0.25) is 10.0 Å². The molecule has 5 rings (SSSR count). The lowest BCUT2D eigenvalue weighted by Gasteiger charge is -2.14. The summed E-state index contributed by atoms with van der Waals surface area (Å²) >= 11 is 14.0. The smallest absolute Gasteiger partial charge is 0.163 e. The summed E-state index contributed by atoms with van der Waals surface area (Å²) in [6.45, 7) is 0.614. The number of nitrogens with zero attached hydrogens (tertiary/aromatic N) is 3. The first-order valence-electron chi connectivity index (χ1n) is 9.59. The van der Waals surface area contributed by atoms with E-state index in [1.165, 1.54) is 28.7 Å². The highest BCUT2D eigenvalue weighted by Gasteiger charge is 2.21. The lowest BCUT2D eigenvalue weighted by molar-refractivity contribution is 0.700. The molecule has 146 valence electrons. The Bertz CT molecular complexity index is 1190. The van der Waals surface area contributed by atoms with Gasteiger partial charge in [-0.2, -0.15) is 0 Å². The molecule has 1 aromatic carbocycles. The molecule has 3 aromatic heterocycles. The van der Waals surface area contributed by atoms with E-state index in [0.29, 0.717) is 16.6 Å². The highest BCUT2D eigenvalue weighted by atomic mass is 35.5. The van der Waals surface area contributed by atoms with E-state index in [1.807, 2.05) is 30.3 Å². The zero-order valence-corrected chi connectivity index (χ0v) is 17.9. The van der Waals surface area contributed by atoms with Crippen LogP contribution in [0.1, 0.15) is 28.8 Å². The normalized spacial score (nSPS) is 13.4. The number of anilines is 1. The molecule has 3 heterocycles. The highest BCUT2D eigenvalue weighted by Crippen LogP contribution is 2.39. The molecule has 0 spiro atoms. The third-order valence-electron chi connectivity index (χ3n) is 5.20. The molecule has 1 aliphatic rings. The van der Waals surface area contributed by atoms with Gasteiger partial charge in [0.2, 0.25) is 0 Å². The number of hydrogen-bond donors (Lipinski definition) is 1. The minimum atomic E-state index is 0.559. The molecule has 0 unspecified atom stereocenters. The summed E-state index contributed by atoms with van der Waals surface area (Å²) in [5.74, 6) is 1.60. The Hall–Kier alpha value is -2.21. The Balaban J connectivity index is 1.59. The topological polar surface area (TPSA) is 50.7 Å². The van der Waals surface area contributed by atoms with Crippen LogP contribution < -0.4 is 5.32 Å². The Morgan fingerprint density at radius 2 is 1.79 bits per heavy atom. The number of hydrogen-bond acceptors (Lipinski definition) is 5. The van der Waals surface area contributed by atoms with Crippen LogP contribution in [0.15, 0.2) is 42.7 Å². The molecule has 1 aliphatic carbocycles. The van der Waals surface area contributed by atoms with Gasteiger partial charge in [0.25, 0.3) is 0 Å². The molecule has 0 amide bonds. The molecule has 0 radical (unpaired) electrons. The lowest BCUT2D eigenvalue weighted by atomic mass is 9.97. The Morgan fingerprint density at radius 3 is 2.62 bits per heavy atom. The quantitative estimate of drug-likeness (QED) is 0.390. The van der Waals surface area contributed by atoms with Crippen molar-refractivity contribution in [2.75, 3.05) is 5.32 Å². The fourth-order valence-electron chi connectivity index (χ4n) is 3.75. The average Bonchev–Trinajstić information content (AvgIpc) is 3.13. The second kappa shape index (κ2) is 7.90. The Kier molecular flexibility index (Phi) is 5.12. The number of fused-ring (bicyclic) bond motifs is 3. The number of rotatable bonds is 4. The van der Waals surface area contributed by atoms with E-state index in [9.17, 15) is 0 Å². The largest absolute Gasteiger partial charge is 0.365 e. The highest BCUT2D eigenvalue weighted by molar-refractivity contribution is 7.19. The van der Waals surface area contributed by atoms with E-state index in [2.05, 4.69) is 10.3 Å². The number of thiophene rings is 1. The number of pyridine rings is 1. The molecular formula is C22H18Cl2N4S. The maximum Gasteiger partial charge on any atom is 0.163 e. The Labute approximate surface area is 183 Å². The van der Waals surface area contributed by atoms with Gasteiger partial charge < -0.3 is 5.32 Å². The van der Waals surface area contributed by atoms with Crippen LogP contribution in [0.3, 0.4) is 0 Å². The maximum atomic E-state index is 6.18. The van der Waals surface area contributed by atoms with Crippen molar-refractivity contribution in [1.29, 1.82) is 0 Å². The van der Waals surface area contributed by atoms with Crippen LogP contribution >= 0.6 is 34.5 Å². The van der Waals surface area contributed by atoms with Gasteiger partial charge in [-0.05, 0) is 61.1 Å². The van der Waals surface area contributed by atoms with E-state index in [4.69, 9.17) is 33.2 Å². The van der Waals surface area contributed by atoms with Gasteiger partial charge in [-0.15, -0.1) is 11.3 Å². The molecule has 0 saturated carbocycles. The summed E-state index contributed by atoms with van der Waals surface area (Å²) in [7, 11) is 0. The second-order valence-electron chi connectivity index (χ2n) is 7.12. The van der Waals surface area contributed by atoms with Crippen molar-refractivity contribution >= 4 is 50.6 Å².